The smallest absolute Gasteiger partial charge is 0.275 e. The maximum Gasteiger partial charge on any atom is 0.275 e. The number of carbonyl (C=O) groups is 1. The fourth-order valence-electron chi connectivity index (χ4n) is 2.63. The van der Waals surface area contributed by atoms with Crippen molar-refractivity contribution in [1.82, 2.24) is 5.32 Å². The Morgan fingerprint density at radius 3 is 2.50 bits per heavy atom. The molecule has 4 nitrogen and oxygen atoms in total. The largest absolute Gasteiger partial charge is 0.364 e. The van der Waals surface area contributed by atoms with Crippen molar-refractivity contribution in [3.8, 4) is 0 Å². The number of hydrogen-bond acceptors (Lipinski definition) is 2. The molecule has 1 aliphatic heterocycles. The molecule has 2 N–H and O–H groups in total. The van der Waals surface area contributed by atoms with Crippen LogP contribution in [0.1, 0.15) is 19.4 Å². The lowest BCUT2D eigenvalue weighted by Gasteiger charge is -2.31. The second kappa shape index (κ2) is 6.81. The first-order valence-corrected chi connectivity index (χ1v) is 7.03. The molecule has 1 aromatic rings. The summed E-state index contributed by atoms with van der Waals surface area (Å²) in [4.78, 5) is 13.2. The highest BCUT2D eigenvalue weighted by atomic mass is 19.1. The van der Waals surface area contributed by atoms with E-state index < -0.39 is 0 Å². The second-order valence-corrected chi connectivity index (χ2v) is 5.50. The molecule has 0 spiro atoms. The molecule has 20 heavy (non-hydrogen) atoms. The van der Waals surface area contributed by atoms with Crippen LogP contribution < -0.4 is 10.2 Å². The molecule has 5 heteroatoms. The Hall–Kier alpha value is -1.46. The fraction of sp³-hybridized carbons (Fsp3) is 0.533. The third kappa shape index (κ3) is 4.58. The third-order valence-electron chi connectivity index (χ3n) is 3.43. The van der Waals surface area contributed by atoms with E-state index in [4.69, 9.17) is 4.74 Å². The van der Waals surface area contributed by atoms with Gasteiger partial charge in [-0.3, -0.25) is 4.79 Å². The number of halogens is 1. The topological polar surface area (TPSA) is 42.8 Å². The minimum absolute atomic E-state index is 0.0191. The highest BCUT2D eigenvalue weighted by molar-refractivity contribution is 5.76. The first-order valence-electron chi connectivity index (χ1n) is 7.03. The van der Waals surface area contributed by atoms with Crippen LogP contribution in [0, 0.1) is 5.82 Å². The summed E-state index contributed by atoms with van der Waals surface area (Å²) in [5.74, 6) is -0.244. The molecule has 1 amide bonds. The molecule has 2 atom stereocenters. The molecule has 2 rings (SSSR count). The van der Waals surface area contributed by atoms with Crippen LogP contribution in [-0.4, -0.2) is 37.7 Å². The maximum absolute atomic E-state index is 12.8. The molecule has 0 aliphatic carbocycles. The highest BCUT2D eigenvalue weighted by Crippen LogP contribution is 2.02. The molecule has 1 saturated heterocycles. The van der Waals surface area contributed by atoms with Crippen LogP contribution in [0.15, 0.2) is 24.3 Å². The summed E-state index contributed by atoms with van der Waals surface area (Å²) in [7, 11) is 0. The summed E-state index contributed by atoms with van der Waals surface area (Å²) in [6.07, 6.45) is 0.386. The summed E-state index contributed by atoms with van der Waals surface area (Å²) in [6, 6.07) is 6.17. The normalized spacial score (nSPS) is 26.2. The van der Waals surface area contributed by atoms with Gasteiger partial charge in [0.25, 0.3) is 5.91 Å². The predicted molar refractivity (Wildman–Crippen MR) is 73.8 cm³/mol. The first kappa shape index (κ1) is 14.9. The van der Waals surface area contributed by atoms with Crippen LogP contribution in [0.2, 0.25) is 0 Å². The second-order valence-electron chi connectivity index (χ2n) is 5.50. The van der Waals surface area contributed by atoms with Gasteiger partial charge < -0.3 is 15.0 Å². The number of ether oxygens (including phenoxy) is 1. The number of rotatable bonds is 4. The van der Waals surface area contributed by atoms with Gasteiger partial charge in [0.05, 0.1) is 0 Å². The third-order valence-corrected chi connectivity index (χ3v) is 3.43. The quantitative estimate of drug-likeness (QED) is 0.824. The Balaban J connectivity index is 1.76. The SMILES string of the molecule is C[C@@H]1C[NH+](CC(=O)NCc2ccc(F)cc2)C[C@@H](C)O1. The Morgan fingerprint density at radius 1 is 1.30 bits per heavy atom. The van der Waals surface area contributed by atoms with Crippen LogP contribution in [0.3, 0.4) is 0 Å². The number of hydrogen-bond donors (Lipinski definition) is 2. The van der Waals surface area contributed by atoms with Gasteiger partial charge in [0, 0.05) is 6.54 Å². The number of morpholine rings is 1. The number of nitrogens with one attached hydrogen (secondary N) is 2. The van der Waals surface area contributed by atoms with Crippen molar-refractivity contribution < 1.29 is 18.8 Å². The standard InChI is InChI=1S/C15H21FN2O2/c1-11-8-18(9-12(2)20-11)10-15(19)17-7-13-3-5-14(16)6-4-13/h3-6,11-12H,7-10H2,1-2H3,(H,17,19)/p+1/t11-,12-/m1/s1. The molecule has 0 saturated carbocycles. The van der Waals surface area contributed by atoms with Gasteiger partial charge in [0.15, 0.2) is 6.54 Å². The van der Waals surface area contributed by atoms with E-state index in [2.05, 4.69) is 5.32 Å². The lowest BCUT2D eigenvalue weighted by atomic mass is 10.2. The van der Waals surface area contributed by atoms with Crippen molar-refractivity contribution in [3.63, 3.8) is 0 Å². The Labute approximate surface area is 118 Å². The van der Waals surface area contributed by atoms with Gasteiger partial charge in [0.1, 0.15) is 31.1 Å². The van der Waals surface area contributed by atoms with Crippen molar-refractivity contribution >= 4 is 5.91 Å². The average molecular weight is 281 g/mol. The maximum atomic E-state index is 12.8. The molecule has 0 unspecified atom stereocenters. The molecule has 1 aromatic carbocycles. The molecule has 110 valence electrons. The van der Waals surface area contributed by atoms with Gasteiger partial charge in [0.2, 0.25) is 0 Å². The van der Waals surface area contributed by atoms with E-state index in [9.17, 15) is 9.18 Å². The van der Waals surface area contributed by atoms with Crippen molar-refractivity contribution in [2.75, 3.05) is 19.6 Å². The van der Waals surface area contributed by atoms with Gasteiger partial charge in [-0.2, -0.15) is 0 Å². The van der Waals surface area contributed by atoms with Gasteiger partial charge in [-0.1, -0.05) is 12.1 Å². The van der Waals surface area contributed by atoms with Crippen LogP contribution in [0.4, 0.5) is 4.39 Å². The molecular weight excluding hydrogens is 259 g/mol. The van der Waals surface area contributed by atoms with Crippen molar-refractivity contribution in [1.29, 1.82) is 0 Å². The molecule has 0 bridgehead atoms. The molecule has 1 heterocycles. The van der Waals surface area contributed by atoms with E-state index in [1.165, 1.54) is 17.0 Å². The minimum Gasteiger partial charge on any atom is -0.364 e. The Bertz CT molecular complexity index is 440. The minimum atomic E-state index is -0.263. The van der Waals surface area contributed by atoms with E-state index >= 15 is 0 Å². The lowest BCUT2D eigenvalue weighted by molar-refractivity contribution is -0.907. The van der Waals surface area contributed by atoms with E-state index in [1.807, 2.05) is 13.8 Å². The zero-order chi connectivity index (χ0) is 14.5. The molecular formula is C15H22FN2O2+. The molecule has 1 aliphatic rings. The van der Waals surface area contributed by atoms with Crippen molar-refractivity contribution in [2.24, 2.45) is 0 Å². The fourth-order valence-corrected chi connectivity index (χ4v) is 2.63. The zero-order valence-electron chi connectivity index (χ0n) is 12.0. The average Bonchev–Trinajstić information content (AvgIpc) is 2.37. The van der Waals surface area contributed by atoms with Gasteiger partial charge in [-0.05, 0) is 31.5 Å². The molecule has 0 aromatic heterocycles. The molecule has 1 fully saturated rings. The van der Waals surface area contributed by atoms with Crippen LogP contribution in [0.5, 0.6) is 0 Å². The zero-order valence-corrected chi connectivity index (χ0v) is 12.0. The van der Waals surface area contributed by atoms with Crippen molar-refractivity contribution in [2.45, 2.75) is 32.6 Å². The Kier molecular flexibility index (Phi) is 5.09. The van der Waals surface area contributed by atoms with Crippen LogP contribution in [-0.2, 0) is 16.1 Å². The van der Waals surface area contributed by atoms with E-state index in [-0.39, 0.29) is 23.9 Å². The monoisotopic (exact) mass is 281 g/mol. The summed E-state index contributed by atoms with van der Waals surface area (Å²) in [5, 5.41) is 2.87. The number of carbonyl (C=O) groups excluding carboxylic acids is 1. The molecule has 0 radical (unpaired) electrons. The summed E-state index contributed by atoms with van der Waals surface area (Å²) < 4.78 is 18.4. The van der Waals surface area contributed by atoms with Crippen molar-refractivity contribution in [3.05, 3.63) is 35.6 Å². The Morgan fingerprint density at radius 2 is 1.90 bits per heavy atom. The summed E-state index contributed by atoms with van der Waals surface area (Å²) in [6.45, 7) is 6.67. The number of amides is 1. The summed E-state index contributed by atoms with van der Waals surface area (Å²) >= 11 is 0. The van der Waals surface area contributed by atoms with Gasteiger partial charge in [-0.15, -0.1) is 0 Å². The highest BCUT2D eigenvalue weighted by Gasteiger charge is 2.26. The van der Waals surface area contributed by atoms with E-state index in [0.717, 1.165) is 18.7 Å². The number of quaternary nitrogens is 1. The van der Waals surface area contributed by atoms with E-state index in [1.54, 1.807) is 12.1 Å². The van der Waals surface area contributed by atoms with E-state index in [0.29, 0.717) is 13.1 Å². The van der Waals surface area contributed by atoms with Gasteiger partial charge >= 0.3 is 0 Å². The van der Waals surface area contributed by atoms with Crippen LogP contribution >= 0.6 is 0 Å². The van der Waals surface area contributed by atoms with Gasteiger partial charge in [-0.25, -0.2) is 4.39 Å². The summed E-state index contributed by atoms with van der Waals surface area (Å²) in [5.41, 5.74) is 0.901. The number of benzene rings is 1. The lowest BCUT2D eigenvalue weighted by Crippen LogP contribution is -3.16. The predicted octanol–water partition coefficient (Wildman–Crippen LogP) is 0.134. The van der Waals surface area contributed by atoms with Crippen LogP contribution in [0.25, 0.3) is 0 Å². The first-order chi connectivity index (χ1) is 9.52.